The molecular weight excluding hydrogens is 238 g/mol. The molecule has 0 radical (unpaired) electrons. The summed E-state index contributed by atoms with van der Waals surface area (Å²) in [5.74, 6) is 1.55. The molecule has 0 unspecified atom stereocenters. The maximum atomic E-state index is 5.25. The fourth-order valence-corrected chi connectivity index (χ4v) is 1.53. The molecule has 1 heterocycles. The summed E-state index contributed by atoms with van der Waals surface area (Å²) in [6, 6.07) is 13.4. The van der Waals surface area contributed by atoms with Crippen LogP contribution in [-0.2, 0) is 0 Å². The molecule has 4 nitrogen and oxygen atoms in total. The van der Waals surface area contributed by atoms with Gasteiger partial charge in [-0.05, 0) is 30.4 Å². The van der Waals surface area contributed by atoms with E-state index in [1.54, 1.807) is 19.5 Å². The van der Waals surface area contributed by atoms with Gasteiger partial charge in [-0.15, -0.1) is 0 Å². The highest BCUT2D eigenvalue weighted by molar-refractivity contribution is 5.79. The Balaban J connectivity index is 1.93. The highest BCUT2D eigenvalue weighted by atomic mass is 16.5. The zero-order valence-corrected chi connectivity index (χ0v) is 10.7. The number of rotatable bonds is 5. The SMILES string of the molecule is COc1ccccc1/C=C/C=N/Nc1ccccn1. The number of anilines is 1. The summed E-state index contributed by atoms with van der Waals surface area (Å²) in [5, 5.41) is 4.05. The van der Waals surface area contributed by atoms with Crippen LogP contribution in [0.4, 0.5) is 5.82 Å². The van der Waals surface area contributed by atoms with Crippen molar-refractivity contribution in [3.63, 3.8) is 0 Å². The molecule has 0 saturated carbocycles. The van der Waals surface area contributed by atoms with Crippen molar-refractivity contribution >= 4 is 18.1 Å². The van der Waals surface area contributed by atoms with E-state index in [9.17, 15) is 0 Å². The molecule has 0 atom stereocenters. The lowest BCUT2D eigenvalue weighted by molar-refractivity contribution is 0.414. The molecule has 2 aromatic rings. The van der Waals surface area contributed by atoms with E-state index in [1.165, 1.54) is 0 Å². The third kappa shape index (κ3) is 3.96. The van der Waals surface area contributed by atoms with Crippen LogP contribution < -0.4 is 10.2 Å². The third-order valence-corrected chi connectivity index (χ3v) is 2.42. The summed E-state index contributed by atoms with van der Waals surface area (Å²) >= 11 is 0. The van der Waals surface area contributed by atoms with Gasteiger partial charge in [0.25, 0.3) is 0 Å². The topological polar surface area (TPSA) is 46.5 Å². The second kappa shape index (κ2) is 6.96. The molecule has 0 fully saturated rings. The highest BCUT2D eigenvalue weighted by Gasteiger charge is 1.95. The quantitative estimate of drug-likeness (QED) is 0.657. The van der Waals surface area contributed by atoms with Gasteiger partial charge >= 0.3 is 0 Å². The van der Waals surface area contributed by atoms with Crippen LogP contribution in [0.5, 0.6) is 5.75 Å². The van der Waals surface area contributed by atoms with Crippen LogP contribution in [0.1, 0.15) is 5.56 Å². The molecular formula is C15H15N3O. The summed E-state index contributed by atoms with van der Waals surface area (Å²) in [5.41, 5.74) is 3.84. The van der Waals surface area contributed by atoms with Gasteiger partial charge in [-0.25, -0.2) is 4.98 Å². The number of ether oxygens (including phenoxy) is 1. The van der Waals surface area contributed by atoms with Crippen LogP contribution in [0.3, 0.4) is 0 Å². The van der Waals surface area contributed by atoms with Crippen molar-refractivity contribution in [3.8, 4) is 5.75 Å². The standard InChI is InChI=1S/C15H15N3O/c1-19-14-9-3-2-7-13(14)8-6-12-17-18-15-10-4-5-11-16-15/h2-12H,1H3,(H,16,18)/b8-6+,17-12+. The first-order chi connectivity index (χ1) is 9.40. The molecule has 1 N–H and O–H groups in total. The summed E-state index contributed by atoms with van der Waals surface area (Å²) < 4.78 is 5.25. The molecule has 0 saturated heterocycles. The molecule has 1 aromatic heterocycles. The van der Waals surface area contributed by atoms with Gasteiger partial charge in [0.05, 0.1) is 7.11 Å². The lowest BCUT2D eigenvalue weighted by atomic mass is 10.2. The Hall–Kier alpha value is -2.62. The lowest BCUT2D eigenvalue weighted by Crippen LogP contribution is -1.90. The minimum absolute atomic E-state index is 0.712. The number of hydrogen-bond donors (Lipinski definition) is 1. The van der Waals surface area contributed by atoms with Crippen molar-refractivity contribution in [1.29, 1.82) is 0 Å². The summed E-state index contributed by atoms with van der Waals surface area (Å²) in [7, 11) is 1.66. The molecule has 0 bridgehead atoms. The zero-order valence-electron chi connectivity index (χ0n) is 10.7. The van der Waals surface area contributed by atoms with Crippen LogP contribution >= 0.6 is 0 Å². The van der Waals surface area contributed by atoms with Gasteiger partial charge in [0, 0.05) is 18.0 Å². The Morgan fingerprint density at radius 2 is 2.00 bits per heavy atom. The first kappa shape index (κ1) is 12.8. The Morgan fingerprint density at radius 1 is 1.16 bits per heavy atom. The van der Waals surface area contributed by atoms with Crippen molar-refractivity contribution in [1.82, 2.24) is 4.98 Å². The van der Waals surface area contributed by atoms with E-state index in [2.05, 4.69) is 15.5 Å². The van der Waals surface area contributed by atoms with Crippen molar-refractivity contribution in [3.05, 3.63) is 60.3 Å². The first-order valence-electron chi connectivity index (χ1n) is 5.90. The smallest absolute Gasteiger partial charge is 0.146 e. The van der Waals surface area contributed by atoms with Crippen LogP contribution in [-0.4, -0.2) is 18.3 Å². The minimum Gasteiger partial charge on any atom is -0.496 e. The van der Waals surface area contributed by atoms with Crippen molar-refractivity contribution < 1.29 is 4.74 Å². The number of nitrogens with one attached hydrogen (secondary N) is 1. The monoisotopic (exact) mass is 253 g/mol. The molecule has 0 aliphatic heterocycles. The Labute approximate surface area is 112 Å². The van der Waals surface area contributed by atoms with Crippen molar-refractivity contribution in [2.75, 3.05) is 12.5 Å². The number of pyridine rings is 1. The lowest BCUT2D eigenvalue weighted by Gasteiger charge is -2.02. The van der Waals surface area contributed by atoms with Gasteiger partial charge in [0.15, 0.2) is 0 Å². The third-order valence-electron chi connectivity index (χ3n) is 2.42. The first-order valence-corrected chi connectivity index (χ1v) is 5.90. The van der Waals surface area contributed by atoms with E-state index in [0.29, 0.717) is 5.82 Å². The Kier molecular flexibility index (Phi) is 4.70. The molecule has 0 aliphatic carbocycles. The van der Waals surface area contributed by atoms with E-state index in [0.717, 1.165) is 11.3 Å². The fraction of sp³-hybridized carbons (Fsp3) is 0.0667. The summed E-state index contributed by atoms with van der Waals surface area (Å²) in [4.78, 5) is 4.09. The molecule has 2 rings (SSSR count). The molecule has 1 aromatic carbocycles. The molecule has 0 aliphatic rings. The van der Waals surface area contributed by atoms with Gasteiger partial charge in [0.1, 0.15) is 11.6 Å². The van der Waals surface area contributed by atoms with Crippen LogP contribution in [0.2, 0.25) is 0 Å². The van der Waals surface area contributed by atoms with Gasteiger partial charge in [-0.1, -0.05) is 24.3 Å². The maximum absolute atomic E-state index is 5.25. The van der Waals surface area contributed by atoms with Gasteiger partial charge in [0.2, 0.25) is 0 Å². The second-order valence-corrected chi connectivity index (χ2v) is 3.71. The fourth-order valence-electron chi connectivity index (χ4n) is 1.53. The predicted octanol–water partition coefficient (Wildman–Crippen LogP) is 3.20. The number of benzene rings is 1. The Morgan fingerprint density at radius 3 is 2.79 bits per heavy atom. The normalized spacial score (nSPS) is 11.0. The van der Waals surface area contributed by atoms with E-state index in [1.807, 2.05) is 54.6 Å². The van der Waals surface area contributed by atoms with E-state index in [-0.39, 0.29) is 0 Å². The Bertz CT molecular complexity index is 565. The second-order valence-electron chi connectivity index (χ2n) is 3.71. The van der Waals surface area contributed by atoms with Crippen LogP contribution in [0.25, 0.3) is 6.08 Å². The average Bonchev–Trinajstić information content (AvgIpc) is 2.48. The number of aromatic nitrogens is 1. The predicted molar refractivity (Wildman–Crippen MR) is 78.4 cm³/mol. The highest BCUT2D eigenvalue weighted by Crippen LogP contribution is 2.18. The minimum atomic E-state index is 0.712. The molecule has 0 amide bonds. The van der Waals surface area contributed by atoms with Crippen LogP contribution in [0, 0.1) is 0 Å². The number of nitrogens with zero attached hydrogens (tertiary/aromatic N) is 2. The number of hydrogen-bond acceptors (Lipinski definition) is 4. The van der Waals surface area contributed by atoms with Gasteiger partial charge in [-0.3, -0.25) is 5.43 Å². The van der Waals surface area contributed by atoms with Crippen LogP contribution in [0.15, 0.2) is 59.8 Å². The molecule has 19 heavy (non-hydrogen) atoms. The number of hydrazone groups is 1. The molecule has 4 heteroatoms. The number of allylic oxidation sites excluding steroid dienone is 1. The van der Waals surface area contributed by atoms with E-state index in [4.69, 9.17) is 4.74 Å². The molecule has 96 valence electrons. The summed E-state index contributed by atoms with van der Waals surface area (Å²) in [6.07, 6.45) is 7.15. The number of methoxy groups -OCH3 is 1. The van der Waals surface area contributed by atoms with E-state index >= 15 is 0 Å². The van der Waals surface area contributed by atoms with Crippen molar-refractivity contribution in [2.45, 2.75) is 0 Å². The summed E-state index contributed by atoms with van der Waals surface area (Å²) in [6.45, 7) is 0. The van der Waals surface area contributed by atoms with Gasteiger partial charge in [-0.2, -0.15) is 5.10 Å². The zero-order chi connectivity index (χ0) is 13.3. The van der Waals surface area contributed by atoms with Gasteiger partial charge < -0.3 is 4.74 Å². The number of para-hydroxylation sites is 1. The maximum Gasteiger partial charge on any atom is 0.146 e. The average molecular weight is 253 g/mol. The van der Waals surface area contributed by atoms with Crippen molar-refractivity contribution in [2.24, 2.45) is 5.10 Å². The molecule has 0 spiro atoms. The van der Waals surface area contributed by atoms with E-state index < -0.39 is 0 Å². The largest absolute Gasteiger partial charge is 0.496 e.